The highest BCUT2D eigenvalue weighted by Crippen LogP contribution is 2.32. The summed E-state index contributed by atoms with van der Waals surface area (Å²) < 4.78 is 6.31. The van der Waals surface area contributed by atoms with Crippen LogP contribution in [-0.2, 0) is 0 Å². The Balaban J connectivity index is 2.42. The van der Waals surface area contributed by atoms with Crippen LogP contribution < -0.4 is 10.5 Å². The fraction of sp³-hybridized carbons (Fsp3) is 0.474. The van der Waals surface area contributed by atoms with Crippen LogP contribution in [0.15, 0.2) is 24.5 Å². The van der Waals surface area contributed by atoms with Crippen molar-refractivity contribution >= 4 is 28.2 Å². The topological polar surface area (TPSA) is 61.0 Å². The van der Waals surface area contributed by atoms with Crippen LogP contribution in [0.4, 0.5) is 0 Å². The number of hydrogen-bond acceptors (Lipinski definition) is 5. The van der Waals surface area contributed by atoms with Crippen LogP contribution in [0.1, 0.15) is 45.4 Å². The summed E-state index contributed by atoms with van der Waals surface area (Å²) in [7, 11) is 0. The highest BCUT2D eigenvalue weighted by molar-refractivity contribution is 7.99. The minimum Gasteiger partial charge on any atom is -0.474 e. The summed E-state index contributed by atoms with van der Waals surface area (Å²) in [4.78, 5) is 8.92. The Kier molecular flexibility index (Phi) is 5.75. The molecule has 0 spiro atoms. The number of aromatic nitrogens is 2. The summed E-state index contributed by atoms with van der Waals surface area (Å²) in [6, 6.07) is 2.03. The summed E-state index contributed by atoms with van der Waals surface area (Å²) in [5.74, 6) is 0.620. The molecule has 0 saturated carbocycles. The first kappa shape index (κ1) is 18.6. The molecule has 0 aliphatic heterocycles. The first-order valence-electron chi connectivity index (χ1n) is 8.16. The molecule has 2 N–H and O–H groups in total. The molecule has 2 aromatic rings. The summed E-state index contributed by atoms with van der Waals surface area (Å²) in [6.07, 6.45) is 8.63. The Morgan fingerprint density at radius 2 is 2.04 bits per heavy atom. The molecule has 2 aromatic heterocycles. The maximum atomic E-state index is 6.15. The Morgan fingerprint density at radius 3 is 2.67 bits per heavy atom. The average Bonchev–Trinajstić information content (AvgIpc) is 2.53. The molecule has 2 rings (SSSR count). The van der Waals surface area contributed by atoms with Crippen molar-refractivity contribution in [3.05, 3.63) is 35.8 Å². The monoisotopic (exact) mass is 345 g/mol. The van der Waals surface area contributed by atoms with Gasteiger partial charge < -0.3 is 10.5 Å². The molecule has 0 radical (unpaired) electrons. The lowest BCUT2D eigenvalue weighted by atomic mass is 10.0. The van der Waals surface area contributed by atoms with E-state index >= 15 is 0 Å². The van der Waals surface area contributed by atoms with Crippen LogP contribution in [-0.4, -0.2) is 27.1 Å². The molecule has 2 heterocycles. The minimum absolute atomic E-state index is 0.0642. The molecule has 0 aromatic carbocycles. The highest BCUT2D eigenvalue weighted by atomic mass is 32.2. The van der Waals surface area contributed by atoms with E-state index in [9.17, 15) is 0 Å². The van der Waals surface area contributed by atoms with E-state index in [4.69, 9.17) is 10.5 Å². The second kappa shape index (κ2) is 7.43. The molecule has 0 aliphatic carbocycles. The van der Waals surface area contributed by atoms with Crippen LogP contribution in [0.3, 0.4) is 0 Å². The van der Waals surface area contributed by atoms with Crippen molar-refractivity contribution < 1.29 is 4.74 Å². The van der Waals surface area contributed by atoms with Crippen LogP contribution in [0, 0.1) is 6.92 Å². The Morgan fingerprint density at radius 1 is 1.33 bits per heavy atom. The van der Waals surface area contributed by atoms with Crippen molar-refractivity contribution in [3.8, 4) is 5.88 Å². The zero-order chi connectivity index (χ0) is 17.9. The number of pyridine rings is 2. The van der Waals surface area contributed by atoms with Gasteiger partial charge in [-0.3, -0.25) is 4.98 Å². The molecule has 0 amide bonds. The van der Waals surface area contributed by atoms with Crippen LogP contribution in [0.5, 0.6) is 5.88 Å². The first-order chi connectivity index (χ1) is 11.3. The van der Waals surface area contributed by atoms with Gasteiger partial charge in [-0.15, -0.1) is 0 Å². The Bertz CT molecular complexity index is 756. The van der Waals surface area contributed by atoms with Gasteiger partial charge in [-0.1, -0.05) is 19.9 Å². The quantitative estimate of drug-likeness (QED) is 0.832. The normalized spacial score (nSPS) is 14.0. The van der Waals surface area contributed by atoms with Gasteiger partial charge >= 0.3 is 0 Å². The van der Waals surface area contributed by atoms with E-state index in [-0.39, 0.29) is 10.9 Å². The number of nitrogens with two attached hydrogens (primary N) is 1. The number of fused-ring (bicyclic) bond motifs is 1. The molecule has 1 atom stereocenters. The molecule has 4 nitrogen and oxygen atoms in total. The third-order valence-corrected chi connectivity index (χ3v) is 5.41. The summed E-state index contributed by atoms with van der Waals surface area (Å²) in [6.45, 7) is 10.4. The SMILES string of the molecule is C/C=C(/N)c1cnc(OC(C)CC(C)(C)SC)c2cnc(C)cc12. The van der Waals surface area contributed by atoms with Gasteiger partial charge in [-0.2, -0.15) is 11.8 Å². The van der Waals surface area contributed by atoms with E-state index in [2.05, 4.69) is 37.0 Å². The predicted octanol–water partition coefficient (Wildman–Crippen LogP) is 4.56. The van der Waals surface area contributed by atoms with Crippen molar-refractivity contribution in [2.24, 2.45) is 5.73 Å². The second-order valence-corrected chi connectivity index (χ2v) is 8.20. The molecule has 130 valence electrons. The summed E-state index contributed by atoms with van der Waals surface area (Å²) in [5, 5.41) is 1.93. The molecule has 1 unspecified atom stereocenters. The molecule has 0 aliphatic rings. The maximum Gasteiger partial charge on any atom is 0.223 e. The number of thioether (sulfide) groups is 1. The van der Waals surface area contributed by atoms with Crippen molar-refractivity contribution in [2.75, 3.05) is 6.26 Å². The number of ether oxygens (including phenoxy) is 1. The van der Waals surface area contributed by atoms with Gasteiger partial charge in [0.05, 0.1) is 11.5 Å². The zero-order valence-corrected chi connectivity index (χ0v) is 16.2. The Labute approximate surface area is 148 Å². The van der Waals surface area contributed by atoms with Crippen LogP contribution in [0.25, 0.3) is 16.5 Å². The molecule has 0 saturated heterocycles. The van der Waals surface area contributed by atoms with Gasteiger partial charge in [0, 0.05) is 39.5 Å². The van der Waals surface area contributed by atoms with Crippen LogP contribution in [0.2, 0.25) is 0 Å². The van der Waals surface area contributed by atoms with E-state index in [1.807, 2.05) is 43.9 Å². The van der Waals surface area contributed by atoms with Crippen molar-refractivity contribution in [2.45, 2.75) is 51.9 Å². The first-order valence-corrected chi connectivity index (χ1v) is 9.39. The minimum atomic E-state index is 0.0642. The van der Waals surface area contributed by atoms with Gasteiger partial charge in [-0.25, -0.2) is 4.98 Å². The Hall–Kier alpha value is -1.75. The molecular weight excluding hydrogens is 318 g/mol. The van der Waals surface area contributed by atoms with Crippen molar-refractivity contribution in [1.29, 1.82) is 0 Å². The number of rotatable bonds is 6. The van der Waals surface area contributed by atoms with E-state index in [1.165, 1.54) is 0 Å². The maximum absolute atomic E-state index is 6.15. The number of nitrogens with zero attached hydrogens (tertiary/aromatic N) is 2. The third kappa shape index (κ3) is 4.20. The summed E-state index contributed by atoms with van der Waals surface area (Å²) >= 11 is 1.84. The fourth-order valence-electron chi connectivity index (χ4n) is 2.70. The molecule has 0 bridgehead atoms. The van der Waals surface area contributed by atoms with Crippen molar-refractivity contribution in [3.63, 3.8) is 0 Å². The average molecular weight is 346 g/mol. The molecule has 0 fully saturated rings. The third-order valence-electron chi connectivity index (χ3n) is 4.14. The largest absolute Gasteiger partial charge is 0.474 e. The summed E-state index contributed by atoms with van der Waals surface area (Å²) in [5.41, 5.74) is 8.69. The van der Waals surface area contributed by atoms with Gasteiger partial charge in [0.2, 0.25) is 5.88 Å². The smallest absolute Gasteiger partial charge is 0.223 e. The van der Waals surface area contributed by atoms with Gasteiger partial charge in [0.15, 0.2) is 0 Å². The number of hydrogen-bond donors (Lipinski definition) is 1. The predicted molar refractivity (Wildman–Crippen MR) is 104 cm³/mol. The van der Waals surface area contributed by atoms with E-state index in [1.54, 1.807) is 6.20 Å². The fourth-order valence-corrected chi connectivity index (χ4v) is 3.10. The van der Waals surface area contributed by atoms with Gasteiger partial charge in [-0.05, 0) is 39.5 Å². The zero-order valence-electron chi connectivity index (χ0n) is 15.4. The van der Waals surface area contributed by atoms with E-state index < -0.39 is 0 Å². The van der Waals surface area contributed by atoms with E-state index in [0.717, 1.165) is 28.5 Å². The lowest BCUT2D eigenvalue weighted by molar-refractivity contribution is 0.195. The highest BCUT2D eigenvalue weighted by Gasteiger charge is 2.22. The van der Waals surface area contributed by atoms with Gasteiger partial charge in [0.25, 0.3) is 0 Å². The number of aryl methyl sites for hydroxylation is 1. The number of allylic oxidation sites excluding steroid dienone is 1. The lowest BCUT2D eigenvalue weighted by Gasteiger charge is -2.26. The van der Waals surface area contributed by atoms with E-state index in [0.29, 0.717) is 11.6 Å². The lowest BCUT2D eigenvalue weighted by Crippen LogP contribution is -2.25. The molecular formula is C19H27N3OS. The molecule has 5 heteroatoms. The van der Waals surface area contributed by atoms with Crippen LogP contribution >= 0.6 is 11.8 Å². The standard InChI is InChI=1S/C19H27N3OS/c1-7-17(20)15-10-22-18(16-11-21-12(2)8-14(15)16)23-13(3)9-19(4,5)24-6/h7-8,10-11,13H,9,20H2,1-6H3/b17-7+. The van der Waals surface area contributed by atoms with Gasteiger partial charge in [0.1, 0.15) is 0 Å². The second-order valence-electron chi connectivity index (χ2n) is 6.69. The molecule has 24 heavy (non-hydrogen) atoms. The van der Waals surface area contributed by atoms with Crippen molar-refractivity contribution in [1.82, 2.24) is 9.97 Å².